The molecule has 0 bridgehead atoms. The number of hydrogen-bond donors (Lipinski definition) is 2. The summed E-state index contributed by atoms with van der Waals surface area (Å²) in [5.41, 5.74) is 3.08. The van der Waals surface area contributed by atoms with Gasteiger partial charge in [-0.1, -0.05) is 12.1 Å². The summed E-state index contributed by atoms with van der Waals surface area (Å²) in [6.07, 6.45) is 0. The van der Waals surface area contributed by atoms with Crippen LogP contribution in [-0.2, 0) is 27.4 Å². The molecule has 0 aliphatic carbocycles. The Morgan fingerprint density at radius 2 is 2.16 bits per heavy atom. The first kappa shape index (κ1) is 13.5. The fourth-order valence-electron chi connectivity index (χ4n) is 2.12. The fourth-order valence-corrected chi connectivity index (χ4v) is 2.12. The third-order valence-electron chi connectivity index (χ3n) is 2.87. The van der Waals surface area contributed by atoms with E-state index in [0.717, 1.165) is 24.3 Å². The van der Waals surface area contributed by atoms with E-state index >= 15 is 0 Å². The number of hydrogen-bond acceptors (Lipinski definition) is 4. The minimum atomic E-state index is -1.09. The van der Waals surface area contributed by atoms with Gasteiger partial charge >= 0.3 is 5.97 Å². The number of nitrogens with zero attached hydrogens (tertiary/aromatic N) is 1. The van der Waals surface area contributed by atoms with E-state index in [9.17, 15) is 9.59 Å². The summed E-state index contributed by atoms with van der Waals surface area (Å²) in [5, 5.41) is 11.2. The Hall–Kier alpha value is -1.92. The second-order valence-electron chi connectivity index (χ2n) is 4.55. The largest absolute Gasteiger partial charge is 0.480 e. The highest BCUT2D eigenvalue weighted by atomic mass is 16.5. The highest BCUT2D eigenvalue weighted by Crippen LogP contribution is 2.28. The molecule has 102 valence electrons. The van der Waals surface area contributed by atoms with E-state index in [2.05, 4.69) is 10.2 Å². The molecule has 0 spiro atoms. The van der Waals surface area contributed by atoms with Gasteiger partial charge in [0.15, 0.2) is 0 Å². The lowest BCUT2D eigenvalue weighted by molar-refractivity contribution is -0.143. The quantitative estimate of drug-likeness (QED) is 0.817. The van der Waals surface area contributed by atoms with Crippen LogP contribution in [0.25, 0.3) is 0 Å². The monoisotopic (exact) mass is 264 g/mol. The minimum Gasteiger partial charge on any atom is -0.480 e. The Balaban J connectivity index is 1.95. The molecule has 1 aromatic carbocycles. The normalized spacial score (nSPS) is 14.2. The van der Waals surface area contributed by atoms with Crippen molar-refractivity contribution in [1.29, 1.82) is 0 Å². The molecule has 0 saturated carbocycles. The molecule has 0 saturated heterocycles. The molecule has 6 heteroatoms. The van der Waals surface area contributed by atoms with Crippen LogP contribution < -0.4 is 5.32 Å². The van der Waals surface area contributed by atoms with Crippen molar-refractivity contribution in [3.8, 4) is 0 Å². The Labute approximate surface area is 111 Å². The number of fused-ring (bicyclic) bond motifs is 1. The smallest absolute Gasteiger partial charge is 0.329 e. The third-order valence-corrected chi connectivity index (χ3v) is 2.87. The average molecular weight is 264 g/mol. The number of rotatable bonds is 5. The van der Waals surface area contributed by atoms with Crippen molar-refractivity contribution in [2.75, 3.05) is 25.6 Å². The molecule has 1 aromatic rings. The molecule has 0 aromatic heterocycles. The zero-order valence-electron chi connectivity index (χ0n) is 10.7. The van der Waals surface area contributed by atoms with Crippen LogP contribution in [0.15, 0.2) is 18.2 Å². The molecule has 1 heterocycles. The van der Waals surface area contributed by atoms with Crippen LogP contribution >= 0.6 is 0 Å². The van der Waals surface area contributed by atoms with Crippen molar-refractivity contribution in [2.45, 2.75) is 13.1 Å². The molecular weight excluding hydrogens is 248 g/mol. The molecule has 6 nitrogen and oxygen atoms in total. The van der Waals surface area contributed by atoms with Crippen molar-refractivity contribution in [1.82, 2.24) is 4.90 Å². The van der Waals surface area contributed by atoms with Crippen molar-refractivity contribution < 1.29 is 19.4 Å². The molecule has 2 rings (SSSR count). The third kappa shape index (κ3) is 3.52. The highest BCUT2D eigenvalue weighted by molar-refractivity contribution is 5.92. The van der Waals surface area contributed by atoms with Crippen molar-refractivity contribution in [2.24, 2.45) is 0 Å². The van der Waals surface area contributed by atoms with E-state index in [1.165, 1.54) is 5.56 Å². The van der Waals surface area contributed by atoms with Gasteiger partial charge in [0.25, 0.3) is 0 Å². The maximum Gasteiger partial charge on any atom is 0.329 e. The Morgan fingerprint density at radius 3 is 2.89 bits per heavy atom. The number of carbonyl (C=O) groups excluding carboxylic acids is 1. The number of carbonyl (C=O) groups is 2. The van der Waals surface area contributed by atoms with Gasteiger partial charge in [0.2, 0.25) is 5.91 Å². The van der Waals surface area contributed by atoms with E-state index in [0.29, 0.717) is 0 Å². The summed E-state index contributed by atoms with van der Waals surface area (Å²) in [5.74, 6) is -1.43. The first-order chi connectivity index (χ1) is 9.06. The predicted octanol–water partition coefficient (Wildman–Crippen LogP) is 0.672. The summed E-state index contributed by atoms with van der Waals surface area (Å²) < 4.78 is 4.75. The van der Waals surface area contributed by atoms with E-state index in [1.807, 2.05) is 25.2 Å². The van der Waals surface area contributed by atoms with Crippen LogP contribution in [0.4, 0.5) is 5.69 Å². The minimum absolute atomic E-state index is 0.258. The number of benzene rings is 1. The van der Waals surface area contributed by atoms with E-state index in [4.69, 9.17) is 9.84 Å². The maximum absolute atomic E-state index is 11.6. The lowest BCUT2D eigenvalue weighted by Gasteiger charge is -2.10. The first-order valence-corrected chi connectivity index (χ1v) is 5.95. The molecular formula is C13H16N2O4. The summed E-state index contributed by atoms with van der Waals surface area (Å²) in [6, 6.07) is 5.77. The van der Waals surface area contributed by atoms with Gasteiger partial charge in [0, 0.05) is 18.8 Å². The molecule has 1 aliphatic heterocycles. The van der Waals surface area contributed by atoms with Crippen LogP contribution in [0.3, 0.4) is 0 Å². The number of anilines is 1. The molecule has 0 fully saturated rings. The molecule has 1 aliphatic rings. The van der Waals surface area contributed by atoms with Gasteiger partial charge in [-0.3, -0.25) is 9.69 Å². The fraction of sp³-hybridized carbons (Fsp3) is 0.385. The van der Waals surface area contributed by atoms with Gasteiger partial charge in [-0.05, 0) is 24.2 Å². The number of carboxylic acids is 1. The second-order valence-corrected chi connectivity index (χ2v) is 4.55. The predicted molar refractivity (Wildman–Crippen MR) is 68.7 cm³/mol. The average Bonchev–Trinajstić information content (AvgIpc) is 2.70. The number of aliphatic carboxylic acids is 1. The summed E-state index contributed by atoms with van der Waals surface area (Å²) >= 11 is 0. The molecule has 2 N–H and O–H groups in total. The van der Waals surface area contributed by atoms with Crippen LogP contribution in [0, 0.1) is 0 Å². The SMILES string of the molecule is CN1Cc2cccc(NC(=O)COCC(=O)O)c2C1. The first-order valence-electron chi connectivity index (χ1n) is 5.95. The topological polar surface area (TPSA) is 78.9 Å². The van der Waals surface area contributed by atoms with Gasteiger partial charge in [-0.2, -0.15) is 0 Å². The van der Waals surface area contributed by atoms with Gasteiger partial charge in [0.05, 0.1) is 0 Å². The van der Waals surface area contributed by atoms with Gasteiger partial charge in [-0.25, -0.2) is 4.79 Å². The number of ether oxygens (including phenoxy) is 1. The zero-order valence-corrected chi connectivity index (χ0v) is 10.7. The number of carboxylic acid groups (broad SMARTS) is 1. The van der Waals surface area contributed by atoms with Gasteiger partial charge in [0.1, 0.15) is 13.2 Å². The summed E-state index contributed by atoms with van der Waals surface area (Å²) in [6.45, 7) is 0.936. The second kappa shape index (κ2) is 5.81. The molecule has 0 radical (unpaired) electrons. The Bertz CT molecular complexity index is 501. The summed E-state index contributed by atoms with van der Waals surface area (Å²) in [4.78, 5) is 24.1. The van der Waals surface area contributed by atoms with E-state index < -0.39 is 12.6 Å². The van der Waals surface area contributed by atoms with Crippen molar-refractivity contribution >= 4 is 17.6 Å². The lowest BCUT2D eigenvalue weighted by Crippen LogP contribution is -2.21. The maximum atomic E-state index is 11.6. The lowest BCUT2D eigenvalue weighted by atomic mass is 10.1. The van der Waals surface area contributed by atoms with Gasteiger partial charge in [-0.15, -0.1) is 0 Å². The van der Waals surface area contributed by atoms with Crippen molar-refractivity contribution in [3.05, 3.63) is 29.3 Å². The van der Waals surface area contributed by atoms with E-state index in [-0.39, 0.29) is 12.5 Å². The van der Waals surface area contributed by atoms with Crippen LogP contribution in [0.5, 0.6) is 0 Å². The number of nitrogens with one attached hydrogen (secondary N) is 1. The molecule has 1 amide bonds. The van der Waals surface area contributed by atoms with Crippen LogP contribution in [0.1, 0.15) is 11.1 Å². The molecule has 0 unspecified atom stereocenters. The Kier molecular flexibility index (Phi) is 4.13. The highest BCUT2D eigenvalue weighted by Gasteiger charge is 2.19. The van der Waals surface area contributed by atoms with Crippen molar-refractivity contribution in [3.63, 3.8) is 0 Å². The standard InChI is InChI=1S/C13H16N2O4/c1-15-5-9-3-2-4-11(10(9)6-15)14-12(16)7-19-8-13(17)18/h2-4H,5-8H2,1H3,(H,14,16)(H,17,18). The zero-order chi connectivity index (χ0) is 13.8. The van der Waals surface area contributed by atoms with Crippen LogP contribution in [-0.4, -0.2) is 42.1 Å². The van der Waals surface area contributed by atoms with Crippen LogP contribution in [0.2, 0.25) is 0 Å². The van der Waals surface area contributed by atoms with Gasteiger partial charge < -0.3 is 15.2 Å². The number of amides is 1. The molecule has 19 heavy (non-hydrogen) atoms. The summed E-state index contributed by atoms with van der Waals surface area (Å²) in [7, 11) is 2.02. The molecule has 0 atom stereocenters. The Morgan fingerprint density at radius 1 is 1.37 bits per heavy atom. The van der Waals surface area contributed by atoms with E-state index in [1.54, 1.807) is 0 Å².